The zero-order valence-electron chi connectivity index (χ0n) is 20.1. The fourth-order valence-corrected chi connectivity index (χ4v) is 8.09. The molecule has 0 aromatic carbocycles. The molecule has 0 aromatic heterocycles. The molecule has 0 spiro atoms. The molecule has 4 nitrogen and oxygen atoms in total. The van der Waals surface area contributed by atoms with Gasteiger partial charge in [-0.15, -0.1) is 0 Å². The molecule has 4 rings (SSSR count). The summed E-state index contributed by atoms with van der Waals surface area (Å²) in [5, 5.41) is 0. The maximum absolute atomic E-state index is 13.7. The number of fused-ring (bicyclic) bond motifs is 5. The SMILES string of the molecule is CCO[C-]=O.C[CH-][C@H]1CCC2C3C(=O)[C@@H](CC)[C@@H]4CC(=O)CC[C@]4(C)C3CC[C@@]21C.[Y]. The molecule has 0 bridgehead atoms. The first kappa shape index (κ1) is 27.2. The van der Waals surface area contributed by atoms with E-state index in [4.69, 9.17) is 4.79 Å². The molecule has 0 amide bonds. The fourth-order valence-electron chi connectivity index (χ4n) is 8.09. The van der Waals surface area contributed by atoms with Gasteiger partial charge in [0, 0.05) is 64.0 Å². The molecule has 3 unspecified atom stereocenters. The summed E-state index contributed by atoms with van der Waals surface area (Å²) in [6, 6.07) is 0. The van der Waals surface area contributed by atoms with Gasteiger partial charge in [0.15, 0.2) is 0 Å². The minimum absolute atomic E-state index is 0. The van der Waals surface area contributed by atoms with Crippen LogP contribution >= 0.6 is 0 Å². The number of hydrogen-bond acceptors (Lipinski definition) is 4. The standard InChI is InChI=1S/C23H35O2.C3H5O2.Y/c1-5-14-7-8-17-20-18(10-12-22(14,17)3)23(4)11-9-15(24)13-19(23)16(6-2)21(20)25;1-2-5-3-4;/h5,14,16-20H,6-13H2,1-4H3;2H2,1H3;/q2*-1;/t14-,16-,17?,18?,19-,20?,22+,23+;;/m0../s1. The van der Waals surface area contributed by atoms with Crippen molar-refractivity contribution in [3.8, 4) is 0 Å². The van der Waals surface area contributed by atoms with E-state index in [1.54, 1.807) is 6.92 Å². The second-order valence-corrected chi connectivity index (χ2v) is 10.6. The zero-order valence-corrected chi connectivity index (χ0v) is 23.0. The van der Waals surface area contributed by atoms with Crippen molar-refractivity contribution in [3.05, 3.63) is 6.42 Å². The first-order chi connectivity index (χ1) is 14.3. The van der Waals surface area contributed by atoms with Crippen molar-refractivity contribution >= 4 is 18.0 Å². The van der Waals surface area contributed by atoms with Crippen LogP contribution in [0.1, 0.15) is 86.0 Å². The van der Waals surface area contributed by atoms with Crippen LogP contribution < -0.4 is 0 Å². The van der Waals surface area contributed by atoms with Crippen molar-refractivity contribution in [2.75, 3.05) is 6.61 Å². The van der Waals surface area contributed by atoms with Crippen LogP contribution in [0.25, 0.3) is 0 Å². The topological polar surface area (TPSA) is 60.4 Å². The Labute approximate surface area is 214 Å². The van der Waals surface area contributed by atoms with Crippen LogP contribution in [0.15, 0.2) is 0 Å². The molecule has 1 radical (unpaired) electrons. The van der Waals surface area contributed by atoms with E-state index in [-0.39, 0.29) is 50.0 Å². The van der Waals surface area contributed by atoms with Gasteiger partial charge in [-0.3, -0.25) is 9.59 Å². The summed E-state index contributed by atoms with van der Waals surface area (Å²) in [6.07, 6.45) is 10.7. The molecule has 8 atom stereocenters. The predicted octanol–water partition coefficient (Wildman–Crippen LogP) is 5.34. The summed E-state index contributed by atoms with van der Waals surface area (Å²) in [5.74, 6) is 3.42. The van der Waals surface area contributed by atoms with E-state index in [1.165, 1.54) is 32.2 Å². The molecule has 4 saturated carbocycles. The molecule has 0 saturated heterocycles. The summed E-state index contributed by atoms with van der Waals surface area (Å²) in [6.45, 7) is 12.7. The molecule has 4 aliphatic carbocycles. The number of carbonyl (C=O) groups excluding carboxylic acids is 3. The Kier molecular flexibility index (Phi) is 9.54. The van der Waals surface area contributed by atoms with Crippen molar-refractivity contribution in [2.45, 2.75) is 86.0 Å². The molecule has 0 N–H and O–H groups in total. The average molecular weight is 506 g/mol. The van der Waals surface area contributed by atoms with Crippen molar-refractivity contribution in [2.24, 2.45) is 46.3 Å². The molecular formula is C26H40O4Y-2. The van der Waals surface area contributed by atoms with Crippen LogP contribution in [0.2, 0.25) is 0 Å². The van der Waals surface area contributed by atoms with E-state index in [0.717, 1.165) is 19.3 Å². The molecule has 4 aliphatic rings. The van der Waals surface area contributed by atoms with Gasteiger partial charge in [0.05, 0.1) is 0 Å². The Bertz CT molecular complexity index is 664. The molecule has 31 heavy (non-hydrogen) atoms. The maximum Gasteiger partial charge on any atom is 0.139 e. The molecule has 0 heterocycles. The first-order valence-corrected chi connectivity index (χ1v) is 12.1. The number of hydrogen-bond donors (Lipinski definition) is 0. The van der Waals surface area contributed by atoms with E-state index < -0.39 is 0 Å². The van der Waals surface area contributed by atoms with Gasteiger partial charge in [-0.05, 0) is 55.8 Å². The van der Waals surface area contributed by atoms with Crippen LogP contribution in [0.5, 0.6) is 0 Å². The van der Waals surface area contributed by atoms with E-state index in [9.17, 15) is 9.59 Å². The number of Topliss-reactive ketones (excluding diaryl/α,β-unsaturated/α-hetero) is 2. The second kappa shape index (κ2) is 10.9. The Hall–Kier alpha value is -0.0861. The summed E-state index contributed by atoms with van der Waals surface area (Å²) >= 11 is 0. The predicted molar refractivity (Wildman–Crippen MR) is 117 cm³/mol. The third-order valence-electron chi connectivity index (χ3n) is 9.65. The number of carbonyl (C=O) groups is 2. The average Bonchev–Trinajstić information content (AvgIpc) is 3.07. The van der Waals surface area contributed by atoms with Crippen molar-refractivity contribution < 1.29 is 51.8 Å². The summed E-state index contributed by atoms with van der Waals surface area (Å²) in [4.78, 5) is 34.9. The smallest absolute Gasteiger partial charge is 0.139 e. The number of rotatable bonds is 4. The molecular weight excluding hydrogens is 465 g/mol. The Morgan fingerprint density at radius 1 is 1.03 bits per heavy atom. The molecule has 0 aliphatic heterocycles. The number of ether oxygens (including phenoxy) is 1. The van der Waals surface area contributed by atoms with Crippen molar-refractivity contribution in [1.29, 1.82) is 0 Å². The normalized spacial score (nSPS) is 43.4. The van der Waals surface area contributed by atoms with Gasteiger partial charge in [-0.25, -0.2) is 0 Å². The summed E-state index contributed by atoms with van der Waals surface area (Å²) in [5.41, 5.74) is 0.542. The van der Waals surface area contributed by atoms with E-state index >= 15 is 0 Å². The van der Waals surface area contributed by atoms with Gasteiger partial charge in [0.25, 0.3) is 0 Å². The van der Waals surface area contributed by atoms with Gasteiger partial charge < -0.3 is 16.0 Å². The third kappa shape index (κ3) is 4.64. The third-order valence-corrected chi connectivity index (χ3v) is 9.65. The van der Waals surface area contributed by atoms with Crippen molar-refractivity contribution in [1.82, 2.24) is 0 Å². The number of ketones is 2. The van der Waals surface area contributed by atoms with Gasteiger partial charge in [-0.2, -0.15) is 12.8 Å². The van der Waals surface area contributed by atoms with Gasteiger partial charge in [0.1, 0.15) is 11.6 Å². The van der Waals surface area contributed by atoms with Gasteiger partial charge >= 0.3 is 0 Å². The first-order valence-electron chi connectivity index (χ1n) is 12.1. The van der Waals surface area contributed by atoms with Crippen LogP contribution in [-0.4, -0.2) is 24.6 Å². The van der Waals surface area contributed by atoms with Crippen LogP contribution in [-0.2, 0) is 51.8 Å². The molecule has 4 fully saturated rings. The van der Waals surface area contributed by atoms with Crippen molar-refractivity contribution in [3.63, 3.8) is 0 Å². The second-order valence-electron chi connectivity index (χ2n) is 10.6. The largest absolute Gasteiger partial charge is 0.653 e. The van der Waals surface area contributed by atoms with E-state index in [2.05, 4.69) is 38.9 Å². The van der Waals surface area contributed by atoms with Crippen LogP contribution in [0.3, 0.4) is 0 Å². The Morgan fingerprint density at radius 2 is 1.71 bits per heavy atom. The minimum Gasteiger partial charge on any atom is -0.653 e. The quantitative estimate of drug-likeness (QED) is 0.484. The molecule has 173 valence electrons. The maximum atomic E-state index is 13.7. The van der Waals surface area contributed by atoms with Gasteiger partial charge in [0.2, 0.25) is 0 Å². The summed E-state index contributed by atoms with van der Waals surface area (Å²) in [7, 11) is 0. The Morgan fingerprint density at radius 3 is 2.26 bits per heavy atom. The van der Waals surface area contributed by atoms with Gasteiger partial charge in [-0.1, -0.05) is 45.5 Å². The monoisotopic (exact) mass is 505 g/mol. The molecule has 0 aromatic rings. The Balaban J connectivity index is 0.000000514. The fraction of sp³-hybridized carbons (Fsp3) is 0.846. The zero-order chi connectivity index (χ0) is 22.1. The van der Waals surface area contributed by atoms with E-state index in [0.29, 0.717) is 53.7 Å². The molecule has 5 heteroatoms. The minimum atomic E-state index is 0. The van der Waals surface area contributed by atoms with Crippen LogP contribution in [0.4, 0.5) is 0 Å². The summed E-state index contributed by atoms with van der Waals surface area (Å²) < 4.78 is 4.03. The van der Waals surface area contributed by atoms with E-state index in [1.807, 2.05) is 0 Å². The van der Waals surface area contributed by atoms with Crippen LogP contribution in [0, 0.1) is 52.8 Å².